The molecule has 0 saturated heterocycles. The molecular formula is C12H11NO2. The van der Waals surface area contributed by atoms with Crippen LogP contribution in [0.3, 0.4) is 0 Å². The molecule has 3 heteroatoms. The molecule has 2 heterocycles. The van der Waals surface area contributed by atoms with Crippen LogP contribution in [0.5, 0.6) is 0 Å². The first-order chi connectivity index (χ1) is 7.34. The van der Waals surface area contributed by atoms with Gasteiger partial charge in [-0.1, -0.05) is 0 Å². The Balaban J connectivity index is 2.36. The van der Waals surface area contributed by atoms with Crippen LogP contribution < -0.4 is 5.63 Å². The van der Waals surface area contributed by atoms with E-state index in [2.05, 4.69) is 4.98 Å². The second kappa shape index (κ2) is 3.19. The van der Waals surface area contributed by atoms with Gasteiger partial charge in [0.15, 0.2) is 0 Å². The topological polar surface area (TPSA) is 43.1 Å². The SMILES string of the molecule is O=c1occc2nc3c(cc12)CCCC3. The predicted octanol–water partition coefficient (Wildman–Crippen LogP) is 2.07. The van der Waals surface area contributed by atoms with Gasteiger partial charge in [-0.15, -0.1) is 0 Å². The fourth-order valence-corrected chi connectivity index (χ4v) is 2.16. The summed E-state index contributed by atoms with van der Waals surface area (Å²) in [5.41, 5.74) is 2.84. The highest BCUT2D eigenvalue weighted by molar-refractivity contribution is 5.77. The first-order valence-corrected chi connectivity index (χ1v) is 5.25. The van der Waals surface area contributed by atoms with Gasteiger partial charge in [-0.25, -0.2) is 4.79 Å². The lowest BCUT2D eigenvalue weighted by molar-refractivity contribution is 0.518. The van der Waals surface area contributed by atoms with E-state index in [0.29, 0.717) is 5.39 Å². The molecule has 0 unspecified atom stereocenters. The summed E-state index contributed by atoms with van der Waals surface area (Å²) in [5, 5.41) is 0.609. The number of rotatable bonds is 0. The van der Waals surface area contributed by atoms with Crippen molar-refractivity contribution >= 4 is 10.9 Å². The van der Waals surface area contributed by atoms with E-state index in [1.54, 1.807) is 6.07 Å². The van der Waals surface area contributed by atoms with Crippen LogP contribution in [0.2, 0.25) is 0 Å². The zero-order valence-corrected chi connectivity index (χ0v) is 8.32. The van der Waals surface area contributed by atoms with Crippen LogP contribution in [0, 0.1) is 0 Å². The smallest absolute Gasteiger partial charge is 0.345 e. The van der Waals surface area contributed by atoms with Crippen molar-refractivity contribution in [3.8, 4) is 0 Å². The normalized spacial score (nSPS) is 15.2. The van der Waals surface area contributed by atoms with Crippen molar-refractivity contribution < 1.29 is 4.42 Å². The molecule has 0 bridgehead atoms. The maximum atomic E-state index is 11.5. The summed E-state index contributed by atoms with van der Waals surface area (Å²) in [7, 11) is 0. The number of aromatic nitrogens is 1. The van der Waals surface area contributed by atoms with Crippen molar-refractivity contribution in [3.63, 3.8) is 0 Å². The molecule has 1 aliphatic rings. The van der Waals surface area contributed by atoms with E-state index >= 15 is 0 Å². The molecule has 2 aromatic rings. The molecule has 0 aliphatic heterocycles. The van der Waals surface area contributed by atoms with E-state index in [0.717, 1.165) is 24.1 Å². The molecule has 0 spiro atoms. The van der Waals surface area contributed by atoms with E-state index in [-0.39, 0.29) is 5.63 Å². The van der Waals surface area contributed by atoms with Gasteiger partial charge in [-0.3, -0.25) is 4.98 Å². The third kappa shape index (κ3) is 1.35. The molecule has 0 aromatic carbocycles. The number of hydrogen-bond donors (Lipinski definition) is 0. The number of fused-ring (bicyclic) bond motifs is 2. The second-order valence-electron chi connectivity index (χ2n) is 3.94. The lowest BCUT2D eigenvalue weighted by atomic mass is 9.95. The summed E-state index contributed by atoms with van der Waals surface area (Å²) in [6, 6.07) is 3.70. The van der Waals surface area contributed by atoms with E-state index in [1.807, 2.05) is 6.07 Å². The summed E-state index contributed by atoms with van der Waals surface area (Å²) in [4.78, 5) is 16.0. The molecule has 0 N–H and O–H groups in total. The molecule has 0 saturated carbocycles. The van der Waals surface area contributed by atoms with Gasteiger partial charge < -0.3 is 4.42 Å². The predicted molar refractivity (Wildman–Crippen MR) is 56.9 cm³/mol. The van der Waals surface area contributed by atoms with E-state index in [1.165, 1.54) is 24.7 Å². The van der Waals surface area contributed by atoms with Crippen LogP contribution in [-0.2, 0) is 12.8 Å². The minimum atomic E-state index is -0.284. The average molecular weight is 201 g/mol. The van der Waals surface area contributed by atoms with Crippen molar-refractivity contribution in [3.05, 3.63) is 40.1 Å². The highest BCUT2D eigenvalue weighted by Gasteiger charge is 2.12. The average Bonchev–Trinajstić information content (AvgIpc) is 2.27. The highest BCUT2D eigenvalue weighted by Crippen LogP contribution is 2.22. The molecule has 0 radical (unpaired) electrons. The zero-order chi connectivity index (χ0) is 10.3. The Morgan fingerprint density at radius 3 is 3.07 bits per heavy atom. The van der Waals surface area contributed by atoms with Crippen molar-refractivity contribution in [1.29, 1.82) is 0 Å². The standard InChI is InChI=1S/C12H11NO2/c14-12-9-7-8-3-1-2-4-10(8)13-11(9)5-6-15-12/h5-7H,1-4H2. The maximum absolute atomic E-state index is 11.5. The van der Waals surface area contributed by atoms with Crippen molar-refractivity contribution in [2.45, 2.75) is 25.7 Å². The first kappa shape index (κ1) is 8.65. The fraction of sp³-hybridized carbons (Fsp3) is 0.333. The quantitative estimate of drug-likeness (QED) is 0.655. The Labute approximate surface area is 86.8 Å². The van der Waals surface area contributed by atoms with E-state index in [9.17, 15) is 4.79 Å². The summed E-state index contributed by atoms with van der Waals surface area (Å²) in [5.74, 6) is 0. The summed E-state index contributed by atoms with van der Waals surface area (Å²) < 4.78 is 4.84. The van der Waals surface area contributed by atoms with Gasteiger partial charge in [0.05, 0.1) is 17.2 Å². The lowest BCUT2D eigenvalue weighted by Crippen LogP contribution is -2.08. The van der Waals surface area contributed by atoms with Crippen LogP contribution in [0.4, 0.5) is 0 Å². The van der Waals surface area contributed by atoms with E-state index < -0.39 is 0 Å². The molecule has 0 atom stereocenters. The van der Waals surface area contributed by atoms with Gasteiger partial charge in [0.2, 0.25) is 0 Å². The Morgan fingerprint density at radius 2 is 2.13 bits per heavy atom. The van der Waals surface area contributed by atoms with Gasteiger partial charge in [0.1, 0.15) is 0 Å². The zero-order valence-electron chi connectivity index (χ0n) is 8.32. The molecular weight excluding hydrogens is 190 g/mol. The number of nitrogens with zero attached hydrogens (tertiary/aromatic N) is 1. The summed E-state index contributed by atoms with van der Waals surface area (Å²) in [6.45, 7) is 0. The van der Waals surface area contributed by atoms with E-state index in [4.69, 9.17) is 4.42 Å². The largest absolute Gasteiger partial charge is 0.431 e. The van der Waals surface area contributed by atoms with Gasteiger partial charge in [0, 0.05) is 5.69 Å². The molecule has 76 valence electrons. The highest BCUT2D eigenvalue weighted by atomic mass is 16.4. The Kier molecular flexibility index (Phi) is 1.84. The lowest BCUT2D eigenvalue weighted by Gasteiger charge is -2.14. The summed E-state index contributed by atoms with van der Waals surface area (Å²) in [6.07, 6.45) is 5.87. The summed E-state index contributed by atoms with van der Waals surface area (Å²) >= 11 is 0. The second-order valence-corrected chi connectivity index (χ2v) is 3.94. The Morgan fingerprint density at radius 1 is 1.27 bits per heavy atom. The van der Waals surface area contributed by atoms with Crippen LogP contribution in [0.1, 0.15) is 24.1 Å². The monoisotopic (exact) mass is 201 g/mol. The van der Waals surface area contributed by atoms with Crippen LogP contribution >= 0.6 is 0 Å². The van der Waals surface area contributed by atoms with Gasteiger partial charge in [0.25, 0.3) is 0 Å². The van der Waals surface area contributed by atoms with Crippen LogP contribution in [-0.4, -0.2) is 4.98 Å². The van der Waals surface area contributed by atoms with Crippen LogP contribution in [0.15, 0.2) is 27.6 Å². The third-order valence-corrected chi connectivity index (χ3v) is 2.95. The minimum absolute atomic E-state index is 0.284. The fourth-order valence-electron chi connectivity index (χ4n) is 2.16. The van der Waals surface area contributed by atoms with Gasteiger partial charge in [-0.2, -0.15) is 0 Å². The van der Waals surface area contributed by atoms with Gasteiger partial charge >= 0.3 is 5.63 Å². The van der Waals surface area contributed by atoms with Crippen molar-refractivity contribution in [1.82, 2.24) is 4.98 Å². The van der Waals surface area contributed by atoms with Crippen molar-refractivity contribution in [2.24, 2.45) is 0 Å². The number of aryl methyl sites for hydroxylation is 2. The molecule has 15 heavy (non-hydrogen) atoms. The molecule has 2 aromatic heterocycles. The molecule has 0 amide bonds. The first-order valence-electron chi connectivity index (χ1n) is 5.25. The van der Waals surface area contributed by atoms with Crippen molar-refractivity contribution in [2.75, 3.05) is 0 Å². The number of pyridine rings is 1. The Bertz CT molecular complexity index is 571. The number of hydrogen-bond acceptors (Lipinski definition) is 3. The molecule has 0 fully saturated rings. The maximum Gasteiger partial charge on any atom is 0.345 e. The van der Waals surface area contributed by atoms with Gasteiger partial charge in [-0.05, 0) is 43.4 Å². The minimum Gasteiger partial charge on any atom is -0.431 e. The third-order valence-electron chi connectivity index (χ3n) is 2.95. The molecule has 1 aliphatic carbocycles. The van der Waals surface area contributed by atoms with Crippen LogP contribution in [0.25, 0.3) is 10.9 Å². The molecule has 3 nitrogen and oxygen atoms in total. The molecule has 3 rings (SSSR count). The Hall–Kier alpha value is -1.64.